The van der Waals surface area contributed by atoms with Crippen molar-refractivity contribution in [1.82, 2.24) is 0 Å². The van der Waals surface area contributed by atoms with Crippen LogP contribution in [0.25, 0.3) is 0 Å². The molecule has 0 aromatic heterocycles. The molecule has 0 bridgehead atoms. The molecule has 0 amide bonds. The van der Waals surface area contributed by atoms with Gasteiger partial charge in [-0.1, -0.05) is 11.6 Å². The Balaban J connectivity index is 1.92. The molecule has 0 spiro atoms. The van der Waals surface area contributed by atoms with Gasteiger partial charge in [-0.05, 0) is 53.6 Å². The normalized spacial score (nSPS) is 20.5. The summed E-state index contributed by atoms with van der Waals surface area (Å²) in [5.41, 5.74) is 1.13. The van der Waals surface area contributed by atoms with Gasteiger partial charge in [-0.15, -0.1) is 0 Å². The molecular formula is C11H13ClINO. The number of hydrogen-bond acceptors (Lipinski definition) is 2. The van der Waals surface area contributed by atoms with Crippen LogP contribution < -0.4 is 5.32 Å². The number of halogens is 2. The van der Waals surface area contributed by atoms with Gasteiger partial charge in [0.05, 0.1) is 6.10 Å². The summed E-state index contributed by atoms with van der Waals surface area (Å²) in [6.07, 6.45) is 2.72. The molecule has 15 heavy (non-hydrogen) atoms. The van der Waals surface area contributed by atoms with Gasteiger partial charge in [-0.3, -0.25) is 0 Å². The molecule has 4 heteroatoms. The first-order valence-corrected chi connectivity index (χ1v) is 6.52. The van der Waals surface area contributed by atoms with Gasteiger partial charge in [0.2, 0.25) is 0 Å². The summed E-state index contributed by atoms with van der Waals surface area (Å²) >= 11 is 8.17. The zero-order valence-electron chi connectivity index (χ0n) is 8.30. The molecule has 1 heterocycles. The van der Waals surface area contributed by atoms with E-state index in [4.69, 9.17) is 16.3 Å². The average Bonchev–Trinajstić information content (AvgIpc) is 2.69. The highest BCUT2D eigenvalue weighted by atomic mass is 127. The number of anilines is 1. The Morgan fingerprint density at radius 3 is 3.07 bits per heavy atom. The number of rotatable bonds is 3. The second kappa shape index (κ2) is 5.37. The van der Waals surface area contributed by atoms with Crippen LogP contribution in [0.3, 0.4) is 0 Å². The lowest BCUT2D eigenvalue weighted by atomic mass is 10.2. The summed E-state index contributed by atoms with van der Waals surface area (Å²) in [4.78, 5) is 0. The molecule has 1 aliphatic rings. The largest absolute Gasteiger partial charge is 0.382 e. The Hall–Kier alpha value is -0.000000000000000111. The lowest BCUT2D eigenvalue weighted by Gasteiger charge is -2.13. The molecule has 0 radical (unpaired) electrons. The molecule has 1 unspecified atom stereocenters. The predicted octanol–water partition coefficient (Wildman–Crippen LogP) is 3.54. The molecule has 82 valence electrons. The van der Waals surface area contributed by atoms with Crippen molar-refractivity contribution in [1.29, 1.82) is 0 Å². The molecular weight excluding hydrogens is 324 g/mol. The fourth-order valence-electron chi connectivity index (χ4n) is 1.66. The molecule has 1 aliphatic heterocycles. The highest BCUT2D eigenvalue weighted by Crippen LogP contribution is 2.23. The molecule has 1 N–H and O–H groups in total. The van der Waals surface area contributed by atoms with Crippen LogP contribution in [-0.4, -0.2) is 19.3 Å². The maximum absolute atomic E-state index is 5.89. The van der Waals surface area contributed by atoms with E-state index >= 15 is 0 Å². The number of hydrogen-bond donors (Lipinski definition) is 1. The van der Waals surface area contributed by atoms with Crippen molar-refractivity contribution in [3.63, 3.8) is 0 Å². The van der Waals surface area contributed by atoms with Crippen molar-refractivity contribution < 1.29 is 4.74 Å². The van der Waals surface area contributed by atoms with E-state index in [2.05, 4.69) is 27.9 Å². The van der Waals surface area contributed by atoms with E-state index in [9.17, 15) is 0 Å². The number of benzene rings is 1. The van der Waals surface area contributed by atoms with Gasteiger partial charge >= 0.3 is 0 Å². The van der Waals surface area contributed by atoms with Gasteiger partial charge in [0.15, 0.2) is 0 Å². The quantitative estimate of drug-likeness (QED) is 0.852. The Morgan fingerprint density at radius 1 is 1.53 bits per heavy atom. The third-order valence-corrected chi connectivity index (χ3v) is 3.60. The molecule has 1 atom stereocenters. The van der Waals surface area contributed by atoms with Crippen LogP contribution in [0, 0.1) is 3.57 Å². The van der Waals surface area contributed by atoms with Crippen molar-refractivity contribution >= 4 is 39.9 Å². The van der Waals surface area contributed by atoms with E-state index in [1.165, 1.54) is 6.42 Å². The van der Waals surface area contributed by atoms with Gasteiger partial charge < -0.3 is 10.1 Å². The summed E-state index contributed by atoms with van der Waals surface area (Å²) in [6, 6.07) is 5.88. The van der Waals surface area contributed by atoms with Crippen LogP contribution in [0.5, 0.6) is 0 Å². The SMILES string of the molecule is Clc1ccc(NCC2CCCO2)c(I)c1. The highest BCUT2D eigenvalue weighted by Gasteiger charge is 2.15. The maximum atomic E-state index is 5.89. The Labute approximate surface area is 108 Å². The lowest BCUT2D eigenvalue weighted by Crippen LogP contribution is -2.18. The molecule has 1 aromatic carbocycles. The van der Waals surface area contributed by atoms with Gasteiger partial charge in [-0.2, -0.15) is 0 Å². The fourth-order valence-corrected chi connectivity index (χ4v) is 2.72. The van der Waals surface area contributed by atoms with E-state index in [1.807, 2.05) is 18.2 Å². The topological polar surface area (TPSA) is 21.3 Å². The van der Waals surface area contributed by atoms with Gasteiger partial charge in [0, 0.05) is 27.4 Å². The van der Waals surface area contributed by atoms with Crippen molar-refractivity contribution in [2.45, 2.75) is 18.9 Å². The summed E-state index contributed by atoms with van der Waals surface area (Å²) in [6.45, 7) is 1.79. The standard InChI is InChI=1S/C11H13ClINO/c12-8-3-4-11(10(13)6-8)14-7-9-2-1-5-15-9/h3-4,6,9,14H,1-2,5,7H2. The second-order valence-corrected chi connectivity index (χ2v) is 5.24. The Bertz CT molecular complexity index is 339. The first kappa shape index (κ1) is 11.5. The first-order chi connectivity index (χ1) is 7.25. The molecule has 2 rings (SSSR count). The van der Waals surface area contributed by atoms with Gasteiger partial charge in [0.1, 0.15) is 0 Å². The minimum Gasteiger partial charge on any atom is -0.382 e. The molecule has 0 saturated carbocycles. The first-order valence-electron chi connectivity index (χ1n) is 5.06. The summed E-state index contributed by atoms with van der Waals surface area (Å²) in [7, 11) is 0. The summed E-state index contributed by atoms with van der Waals surface area (Å²) in [5.74, 6) is 0. The van der Waals surface area contributed by atoms with Crippen LogP contribution in [0.1, 0.15) is 12.8 Å². The van der Waals surface area contributed by atoms with E-state index in [0.717, 1.165) is 33.9 Å². The molecule has 1 fully saturated rings. The number of nitrogens with one attached hydrogen (secondary N) is 1. The monoisotopic (exact) mass is 337 g/mol. The van der Waals surface area contributed by atoms with Crippen LogP contribution in [0.15, 0.2) is 18.2 Å². The van der Waals surface area contributed by atoms with Crippen LogP contribution in [-0.2, 0) is 4.74 Å². The van der Waals surface area contributed by atoms with Crippen molar-refractivity contribution in [2.24, 2.45) is 0 Å². The van der Waals surface area contributed by atoms with Crippen molar-refractivity contribution in [2.75, 3.05) is 18.5 Å². The van der Waals surface area contributed by atoms with E-state index in [1.54, 1.807) is 0 Å². The third-order valence-electron chi connectivity index (χ3n) is 2.48. The lowest BCUT2D eigenvalue weighted by molar-refractivity contribution is 0.120. The Kier molecular flexibility index (Phi) is 4.11. The fraction of sp³-hybridized carbons (Fsp3) is 0.455. The maximum Gasteiger partial charge on any atom is 0.0748 e. The second-order valence-electron chi connectivity index (χ2n) is 3.64. The minimum atomic E-state index is 0.372. The molecule has 1 saturated heterocycles. The van der Waals surface area contributed by atoms with E-state index in [-0.39, 0.29) is 0 Å². The van der Waals surface area contributed by atoms with Gasteiger partial charge in [0.25, 0.3) is 0 Å². The highest BCUT2D eigenvalue weighted by molar-refractivity contribution is 14.1. The van der Waals surface area contributed by atoms with Crippen molar-refractivity contribution in [3.8, 4) is 0 Å². The minimum absolute atomic E-state index is 0.372. The van der Waals surface area contributed by atoms with E-state index in [0.29, 0.717) is 6.10 Å². The zero-order valence-corrected chi connectivity index (χ0v) is 11.2. The van der Waals surface area contributed by atoms with Crippen LogP contribution in [0.2, 0.25) is 5.02 Å². The zero-order chi connectivity index (χ0) is 10.7. The van der Waals surface area contributed by atoms with Crippen LogP contribution in [0.4, 0.5) is 5.69 Å². The summed E-state index contributed by atoms with van der Waals surface area (Å²) < 4.78 is 6.70. The molecule has 0 aliphatic carbocycles. The molecule has 2 nitrogen and oxygen atoms in total. The summed E-state index contributed by atoms with van der Waals surface area (Å²) in [5, 5.41) is 4.17. The molecule has 1 aromatic rings. The Morgan fingerprint density at radius 2 is 2.40 bits per heavy atom. The van der Waals surface area contributed by atoms with Gasteiger partial charge in [-0.25, -0.2) is 0 Å². The van der Waals surface area contributed by atoms with Crippen molar-refractivity contribution in [3.05, 3.63) is 26.8 Å². The average molecular weight is 338 g/mol. The predicted molar refractivity (Wildman–Crippen MR) is 71.6 cm³/mol. The van der Waals surface area contributed by atoms with Crippen LogP contribution >= 0.6 is 34.2 Å². The number of ether oxygens (including phenoxy) is 1. The third kappa shape index (κ3) is 3.23. The van der Waals surface area contributed by atoms with E-state index < -0.39 is 0 Å². The smallest absolute Gasteiger partial charge is 0.0748 e.